The van der Waals surface area contributed by atoms with Crippen LogP contribution in [0.2, 0.25) is 0 Å². The number of rotatable bonds is 2. The molecule has 128 valence electrons. The molecule has 0 saturated heterocycles. The normalized spacial score (nSPS) is 11.5. The smallest absolute Gasteiger partial charge is 0.180 e. The number of thiazole rings is 1. The van der Waals surface area contributed by atoms with E-state index in [4.69, 9.17) is 11.5 Å². The van der Waals surface area contributed by atoms with E-state index in [2.05, 4.69) is 47.0 Å². The second-order valence-corrected chi connectivity index (χ2v) is 7.84. The van der Waals surface area contributed by atoms with Crippen molar-refractivity contribution in [1.29, 1.82) is 5.26 Å². The lowest BCUT2D eigenvalue weighted by atomic mass is 9.91. The van der Waals surface area contributed by atoms with Crippen molar-refractivity contribution in [2.45, 2.75) is 33.1 Å². The first-order valence-corrected chi connectivity index (χ1v) is 8.52. The molecule has 0 saturated carbocycles. The number of nitrogens with two attached hydrogens (primary N) is 2. The van der Waals surface area contributed by atoms with E-state index in [1.165, 1.54) is 11.3 Å². The van der Waals surface area contributed by atoms with Crippen LogP contribution in [-0.4, -0.2) is 20.2 Å². The van der Waals surface area contributed by atoms with E-state index in [0.717, 1.165) is 16.3 Å². The van der Waals surface area contributed by atoms with Gasteiger partial charge in [-0.3, -0.25) is 5.10 Å². The average molecular weight is 353 g/mol. The van der Waals surface area contributed by atoms with Crippen LogP contribution in [0.1, 0.15) is 37.7 Å². The van der Waals surface area contributed by atoms with Crippen LogP contribution in [0.15, 0.2) is 12.1 Å². The Bertz CT molecular complexity index is 986. The third kappa shape index (κ3) is 3.06. The molecule has 8 heteroatoms. The van der Waals surface area contributed by atoms with E-state index in [9.17, 15) is 5.26 Å². The molecule has 7 nitrogen and oxygen atoms in total. The monoisotopic (exact) mass is 353 g/mol. The van der Waals surface area contributed by atoms with Crippen molar-refractivity contribution < 1.29 is 0 Å². The first-order chi connectivity index (χ1) is 11.7. The summed E-state index contributed by atoms with van der Waals surface area (Å²) >= 11 is 1.34. The maximum absolute atomic E-state index is 9.51. The SMILES string of the molecule is Cc1nc(N)sc1-c1cc(-c2cc(C(C)(C)C)[nH]n2)c(C#N)c(N)n1. The number of hydrogen-bond acceptors (Lipinski definition) is 7. The predicted octanol–water partition coefficient (Wildman–Crippen LogP) is 3.24. The second-order valence-electron chi connectivity index (χ2n) is 6.81. The van der Waals surface area contributed by atoms with Crippen LogP contribution >= 0.6 is 11.3 Å². The lowest BCUT2D eigenvalue weighted by molar-refractivity contribution is 0.567. The van der Waals surface area contributed by atoms with Crippen molar-refractivity contribution >= 4 is 22.3 Å². The van der Waals surface area contributed by atoms with Gasteiger partial charge in [-0.1, -0.05) is 32.1 Å². The van der Waals surface area contributed by atoms with Crippen LogP contribution in [0.5, 0.6) is 0 Å². The van der Waals surface area contributed by atoms with Crippen molar-refractivity contribution in [3.8, 4) is 27.9 Å². The number of aryl methyl sites for hydroxylation is 1. The third-order valence-corrected chi connectivity index (χ3v) is 4.88. The van der Waals surface area contributed by atoms with Gasteiger partial charge in [-0.05, 0) is 19.1 Å². The number of nitrogens with zero attached hydrogens (tertiary/aromatic N) is 4. The minimum atomic E-state index is -0.0812. The standard InChI is InChI=1S/C17H19N7S/c1-8-14(25-16(20)21-8)12-5-9(10(7-18)15(19)22-12)11-6-13(24-23-11)17(2,3)4/h5-6H,1-4H3,(H2,19,22)(H2,20,21)(H,23,24). The van der Waals surface area contributed by atoms with Crippen molar-refractivity contribution in [1.82, 2.24) is 20.2 Å². The lowest BCUT2D eigenvalue weighted by Crippen LogP contribution is -2.11. The minimum absolute atomic E-state index is 0.0812. The van der Waals surface area contributed by atoms with E-state index < -0.39 is 0 Å². The summed E-state index contributed by atoms with van der Waals surface area (Å²) in [6.45, 7) is 8.13. The van der Waals surface area contributed by atoms with E-state index in [1.54, 1.807) is 0 Å². The van der Waals surface area contributed by atoms with E-state index in [-0.39, 0.29) is 11.2 Å². The predicted molar refractivity (Wildman–Crippen MR) is 99.9 cm³/mol. The van der Waals surface area contributed by atoms with Crippen molar-refractivity contribution in [2.75, 3.05) is 11.5 Å². The van der Waals surface area contributed by atoms with Crippen molar-refractivity contribution in [3.63, 3.8) is 0 Å². The Morgan fingerprint density at radius 1 is 1.16 bits per heavy atom. The van der Waals surface area contributed by atoms with Gasteiger partial charge in [0.25, 0.3) is 0 Å². The second kappa shape index (κ2) is 5.86. The summed E-state index contributed by atoms with van der Waals surface area (Å²) in [7, 11) is 0. The molecule has 0 aromatic carbocycles. The highest BCUT2D eigenvalue weighted by atomic mass is 32.1. The molecule has 3 aromatic heterocycles. The molecule has 25 heavy (non-hydrogen) atoms. The highest BCUT2D eigenvalue weighted by Crippen LogP contribution is 2.36. The Hall–Kier alpha value is -2.92. The van der Waals surface area contributed by atoms with Gasteiger partial charge in [0, 0.05) is 16.7 Å². The molecule has 0 amide bonds. The maximum Gasteiger partial charge on any atom is 0.180 e. The van der Waals surface area contributed by atoms with Gasteiger partial charge in [-0.2, -0.15) is 10.4 Å². The third-order valence-electron chi connectivity index (χ3n) is 3.87. The Kier molecular flexibility index (Phi) is 3.97. The van der Waals surface area contributed by atoms with Gasteiger partial charge in [0.2, 0.25) is 0 Å². The molecule has 0 aliphatic carbocycles. The molecule has 5 N–H and O–H groups in total. The summed E-state index contributed by atoms with van der Waals surface area (Å²) in [6.07, 6.45) is 0. The topological polar surface area (TPSA) is 130 Å². The fourth-order valence-corrected chi connectivity index (χ4v) is 3.29. The van der Waals surface area contributed by atoms with Gasteiger partial charge < -0.3 is 11.5 Å². The van der Waals surface area contributed by atoms with Gasteiger partial charge in [0.1, 0.15) is 17.5 Å². The van der Waals surface area contributed by atoms with Crippen LogP contribution < -0.4 is 11.5 Å². The number of aromatic nitrogens is 4. The molecule has 0 radical (unpaired) electrons. The van der Waals surface area contributed by atoms with Crippen LogP contribution in [0.3, 0.4) is 0 Å². The lowest BCUT2D eigenvalue weighted by Gasteiger charge is -2.14. The van der Waals surface area contributed by atoms with Gasteiger partial charge in [-0.15, -0.1) is 0 Å². The Morgan fingerprint density at radius 3 is 2.40 bits per heavy atom. The summed E-state index contributed by atoms with van der Waals surface area (Å²) < 4.78 is 0. The first kappa shape index (κ1) is 16.9. The summed E-state index contributed by atoms with van der Waals surface area (Å²) in [5.41, 5.74) is 15.8. The molecule has 0 unspecified atom stereocenters. The molecule has 0 bridgehead atoms. The fourth-order valence-electron chi connectivity index (χ4n) is 2.50. The molecule has 0 aliphatic rings. The van der Waals surface area contributed by atoms with Crippen molar-refractivity contribution in [3.05, 3.63) is 29.1 Å². The molecule has 0 fully saturated rings. The molecule has 3 heterocycles. The maximum atomic E-state index is 9.51. The summed E-state index contributed by atoms with van der Waals surface area (Å²) in [6, 6.07) is 5.89. The summed E-state index contributed by atoms with van der Waals surface area (Å²) in [5.74, 6) is 0.168. The molecule has 3 rings (SSSR count). The summed E-state index contributed by atoms with van der Waals surface area (Å²) in [4.78, 5) is 9.42. The zero-order chi connectivity index (χ0) is 18.4. The number of nitrogen functional groups attached to an aromatic ring is 2. The molecular weight excluding hydrogens is 334 g/mol. The molecular formula is C17H19N7S. The van der Waals surface area contributed by atoms with Gasteiger partial charge in [0.15, 0.2) is 5.13 Å². The van der Waals surface area contributed by atoms with Gasteiger partial charge >= 0.3 is 0 Å². The molecule has 3 aromatic rings. The van der Waals surface area contributed by atoms with Crippen LogP contribution in [0.25, 0.3) is 21.8 Å². The average Bonchev–Trinajstić information content (AvgIpc) is 3.12. The van der Waals surface area contributed by atoms with Gasteiger partial charge in [0.05, 0.1) is 22.0 Å². The number of nitrogens with one attached hydrogen (secondary N) is 1. The Balaban J connectivity index is 2.20. The first-order valence-electron chi connectivity index (χ1n) is 7.71. The molecule has 0 spiro atoms. The van der Waals surface area contributed by atoms with Crippen LogP contribution in [-0.2, 0) is 5.41 Å². The number of aromatic amines is 1. The minimum Gasteiger partial charge on any atom is -0.383 e. The zero-order valence-corrected chi connectivity index (χ0v) is 15.3. The zero-order valence-electron chi connectivity index (χ0n) is 14.5. The van der Waals surface area contributed by atoms with Crippen LogP contribution in [0.4, 0.5) is 10.9 Å². The van der Waals surface area contributed by atoms with E-state index in [0.29, 0.717) is 27.6 Å². The largest absolute Gasteiger partial charge is 0.383 e. The molecule has 0 aliphatic heterocycles. The van der Waals surface area contributed by atoms with Crippen LogP contribution in [0, 0.1) is 18.3 Å². The fraction of sp³-hybridized carbons (Fsp3) is 0.294. The number of H-pyrrole nitrogens is 1. The highest BCUT2D eigenvalue weighted by Gasteiger charge is 2.21. The molecule has 0 atom stereocenters. The number of nitriles is 1. The highest BCUT2D eigenvalue weighted by molar-refractivity contribution is 7.18. The van der Waals surface area contributed by atoms with Crippen molar-refractivity contribution in [2.24, 2.45) is 0 Å². The quantitative estimate of drug-likeness (QED) is 0.648. The van der Waals surface area contributed by atoms with Gasteiger partial charge in [-0.25, -0.2) is 9.97 Å². The Morgan fingerprint density at radius 2 is 1.88 bits per heavy atom. The van der Waals surface area contributed by atoms with E-state index >= 15 is 0 Å². The summed E-state index contributed by atoms with van der Waals surface area (Å²) in [5, 5.41) is 17.4. The van der Waals surface area contributed by atoms with E-state index in [1.807, 2.05) is 19.1 Å². The number of anilines is 2. The Labute approximate surface area is 149 Å². The number of hydrogen-bond donors (Lipinski definition) is 3. The number of pyridine rings is 1.